The molecule has 0 unspecified atom stereocenters. The summed E-state index contributed by atoms with van der Waals surface area (Å²) in [6.07, 6.45) is 0.249. The molecule has 0 aliphatic carbocycles. The van der Waals surface area contributed by atoms with Crippen molar-refractivity contribution in [2.75, 3.05) is 16.8 Å². The third-order valence-corrected chi connectivity index (χ3v) is 6.71. The van der Waals surface area contributed by atoms with Gasteiger partial charge in [-0.1, -0.05) is 11.6 Å². The van der Waals surface area contributed by atoms with Crippen molar-refractivity contribution in [3.63, 3.8) is 0 Å². The van der Waals surface area contributed by atoms with Crippen LogP contribution in [0, 0.1) is 0 Å². The monoisotopic (exact) mass is 366 g/mol. The summed E-state index contributed by atoms with van der Waals surface area (Å²) in [7, 11) is -7.05. The molecule has 0 radical (unpaired) electrons. The molecule has 1 fully saturated rings. The minimum atomic E-state index is -3.87. The highest BCUT2D eigenvalue weighted by Gasteiger charge is 2.31. The zero-order valence-corrected chi connectivity index (χ0v) is 14.1. The first-order valence-corrected chi connectivity index (χ1v) is 10.1. The Morgan fingerprint density at radius 1 is 1.36 bits per heavy atom. The van der Waals surface area contributed by atoms with Gasteiger partial charge in [0.25, 0.3) is 0 Å². The van der Waals surface area contributed by atoms with Gasteiger partial charge in [0.05, 0.1) is 27.1 Å². The number of carbonyl (C=O) groups excluding carboxylic acids is 1. The number of sulfone groups is 1. The fourth-order valence-corrected chi connectivity index (χ4v) is 5.50. The van der Waals surface area contributed by atoms with Gasteiger partial charge in [-0.05, 0) is 24.6 Å². The zero-order chi connectivity index (χ0) is 16.5. The second kappa shape index (κ2) is 6.15. The molecule has 7 nitrogen and oxygen atoms in total. The molecule has 0 spiro atoms. The van der Waals surface area contributed by atoms with E-state index in [1.807, 2.05) is 0 Å². The lowest BCUT2D eigenvalue weighted by atomic mass is 10.3. The van der Waals surface area contributed by atoms with E-state index in [9.17, 15) is 21.6 Å². The van der Waals surface area contributed by atoms with E-state index in [-0.39, 0.29) is 33.8 Å². The summed E-state index contributed by atoms with van der Waals surface area (Å²) >= 11 is 5.94. The minimum absolute atomic E-state index is 0.0254. The highest BCUT2D eigenvalue weighted by atomic mass is 35.5. The fraction of sp³-hybridized carbons (Fsp3) is 0.417. The van der Waals surface area contributed by atoms with Crippen LogP contribution in [-0.2, 0) is 24.7 Å². The molecule has 22 heavy (non-hydrogen) atoms. The average Bonchev–Trinajstić information content (AvgIpc) is 2.69. The molecule has 1 aromatic rings. The van der Waals surface area contributed by atoms with Crippen LogP contribution in [0.1, 0.15) is 13.3 Å². The van der Waals surface area contributed by atoms with Crippen molar-refractivity contribution in [2.45, 2.75) is 24.3 Å². The van der Waals surface area contributed by atoms with E-state index in [1.165, 1.54) is 25.1 Å². The molecular formula is C12H15ClN2O5S2. The molecule has 1 heterocycles. The first kappa shape index (κ1) is 17.2. The summed E-state index contributed by atoms with van der Waals surface area (Å²) in [4.78, 5) is 10.9. The Labute approximate surface area is 134 Å². The van der Waals surface area contributed by atoms with Crippen LogP contribution in [0.2, 0.25) is 5.02 Å². The topological polar surface area (TPSA) is 109 Å². The Morgan fingerprint density at radius 2 is 2.05 bits per heavy atom. The molecule has 1 aromatic carbocycles. The van der Waals surface area contributed by atoms with Crippen molar-refractivity contribution < 1.29 is 21.6 Å². The van der Waals surface area contributed by atoms with Gasteiger partial charge in [-0.3, -0.25) is 4.79 Å². The molecule has 1 aliphatic heterocycles. The van der Waals surface area contributed by atoms with Gasteiger partial charge in [-0.25, -0.2) is 21.6 Å². The van der Waals surface area contributed by atoms with Crippen LogP contribution in [-0.4, -0.2) is 40.3 Å². The molecule has 2 rings (SSSR count). The number of sulfonamides is 1. The highest BCUT2D eigenvalue weighted by molar-refractivity contribution is 7.92. The molecule has 10 heteroatoms. The van der Waals surface area contributed by atoms with Crippen LogP contribution in [0.15, 0.2) is 23.1 Å². The third-order valence-electron chi connectivity index (χ3n) is 3.12. The van der Waals surface area contributed by atoms with Gasteiger partial charge in [0.15, 0.2) is 9.84 Å². The van der Waals surface area contributed by atoms with Crippen LogP contribution in [0.5, 0.6) is 0 Å². The van der Waals surface area contributed by atoms with Crippen LogP contribution >= 0.6 is 11.6 Å². The Kier molecular flexibility index (Phi) is 4.81. The Morgan fingerprint density at radius 3 is 2.55 bits per heavy atom. The van der Waals surface area contributed by atoms with Gasteiger partial charge >= 0.3 is 0 Å². The van der Waals surface area contributed by atoms with Gasteiger partial charge in [-0.15, -0.1) is 0 Å². The quantitative estimate of drug-likeness (QED) is 0.817. The Bertz CT molecular complexity index is 805. The second-order valence-electron chi connectivity index (χ2n) is 5.04. The molecule has 0 aromatic heterocycles. The summed E-state index contributed by atoms with van der Waals surface area (Å²) in [6, 6.07) is 3.24. The standard InChI is InChI=1S/C12H15ClN2O5S2/c1-8(16)14-12-3-2-10(6-11(12)13)22(19,20)15-9-4-5-21(17,18)7-9/h2-3,6,9,15H,4-5,7H2,1H3,(H,14,16)/t9-/m0/s1. The summed E-state index contributed by atoms with van der Waals surface area (Å²) in [5.41, 5.74) is 0.302. The third kappa shape index (κ3) is 4.19. The van der Waals surface area contributed by atoms with Gasteiger partial charge in [0.1, 0.15) is 0 Å². The van der Waals surface area contributed by atoms with Crippen LogP contribution in [0.3, 0.4) is 0 Å². The van der Waals surface area contributed by atoms with Gasteiger partial charge < -0.3 is 5.32 Å². The average molecular weight is 367 g/mol. The van der Waals surface area contributed by atoms with E-state index >= 15 is 0 Å². The number of benzene rings is 1. The summed E-state index contributed by atoms with van der Waals surface area (Å²) < 4.78 is 49.6. The van der Waals surface area contributed by atoms with E-state index in [4.69, 9.17) is 11.6 Å². The van der Waals surface area contributed by atoms with Gasteiger partial charge in [-0.2, -0.15) is 0 Å². The molecule has 1 atom stereocenters. The lowest BCUT2D eigenvalue weighted by Crippen LogP contribution is -2.35. The summed E-state index contributed by atoms with van der Waals surface area (Å²) in [5, 5.41) is 2.55. The number of rotatable bonds is 4. The van der Waals surface area contributed by atoms with Crippen molar-refractivity contribution in [2.24, 2.45) is 0 Å². The highest BCUT2D eigenvalue weighted by Crippen LogP contribution is 2.25. The Hall–Kier alpha value is -1.16. The molecule has 0 bridgehead atoms. The number of anilines is 1. The number of nitrogens with one attached hydrogen (secondary N) is 2. The summed E-state index contributed by atoms with van der Waals surface area (Å²) in [6.45, 7) is 1.31. The van der Waals surface area contributed by atoms with Crippen molar-refractivity contribution >= 4 is 43.1 Å². The molecule has 1 saturated heterocycles. The normalized spacial score (nSPS) is 20.7. The lowest BCUT2D eigenvalue weighted by molar-refractivity contribution is -0.114. The van der Waals surface area contributed by atoms with Crippen LogP contribution < -0.4 is 10.0 Å². The van der Waals surface area contributed by atoms with Gasteiger partial charge in [0, 0.05) is 13.0 Å². The van der Waals surface area contributed by atoms with E-state index < -0.39 is 25.9 Å². The van der Waals surface area contributed by atoms with Crippen molar-refractivity contribution in [1.82, 2.24) is 4.72 Å². The van der Waals surface area contributed by atoms with E-state index in [0.29, 0.717) is 5.69 Å². The maximum atomic E-state index is 12.2. The summed E-state index contributed by atoms with van der Waals surface area (Å²) in [5.74, 6) is -0.557. The predicted molar refractivity (Wildman–Crippen MR) is 83.1 cm³/mol. The number of amides is 1. The van der Waals surface area contributed by atoms with Crippen LogP contribution in [0.25, 0.3) is 0 Å². The predicted octanol–water partition coefficient (Wildman–Crippen LogP) is 0.764. The van der Waals surface area contributed by atoms with Crippen molar-refractivity contribution in [1.29, 1.82) is 0 Å². The molecular weight excluding hydrogens is 352 g/mol. The minimum Gasteiger partial charge on any atom is -0.325 e. The Balaban J connectivity index is 2.19. The smallest absolute Gasteiger partial charge is 0.240 e. The SMILES string of the molecule is CC(=O)Nc1ccc(S(=O)(=O)N[C@H]2CCS(=O)(=O)C2)cc1Cl. The number of halogens is 1. The molecule has 0 saturated carbocycles. The largest absolute Gasteiger partial charge is 0.325 e. The van der Waals surface area contributed by atoms with Crippen molar-refractivity contribution in [3.8, 4) is 0 Å². The number of carbonyl (C=O) groups is 1. The maximum absolute atomic E-state index is 12.2. The molecule has 122 valence electrons. The molecule has 1 aliphatic rings. The number of hydrogen-bond donors (Lipinski definition) is 2. The maximum Gasteiger partial charge on any atom is 0.240 e. The first-order chi connectivity index (χ1) is 10.1. The van der Waals surface area contributed by atoms with Gasteiger partial charge in [0.2, 0.25) is 15.9 Å². The first-order valence-electron chi connectivity index (χ1n) is 6.39. The van der Waals surface area contributed by atoms with E-state index in [0.717, 1.165) is 0 Å². The van der Waals surface area contributed by atoms with Crippen LogP contribution in [0.4, 0.5) is 5.69 Å². The van der Waals surface area contributed by atoms with E-state index in [1.54, 1.807) is 0 Å². The second-order valence-corrected chi connectivity index (χ2v) is 9.39. The molecule has 1 amide bonds. The van der Waals surface area contributed by atoms with E-state index in [2.05, 4.69) is 10.0 Å². The number of hydrogen-bond acceptors (Lipinski definition) is 5. The fourth-order valence-electron chi connectivity index (χ4n) is 2.13. The molecule has 2 N–H and O–H groups in total. The van der Waals surface area contributed by atoms with Crippen molar-refractivity contribution in [3.05, 3.63) is 23.2 Å². The zero-order valence-electron chi connectivity index (χ0n) is 11.7. The lowest BCUT2D eigenvalue weighted by Gasteiger charge is -2.13.